The van der Waals surface area contributed by atoms with Crippen molar-refractivity contribution in [1.82, 2.24) is 24.6 Å². The van der Waals surface area contributed by atoms with Gasteiger partial charge in [-0.2, -0.15) is 5.10 Å². The van der Waals surface area contributed by atoms with Gasteiger partial charge in [0.1, 0.15) is 5.82 Å². The number of aromatic amines is 1. The lowest BCUT2D eigenvalue weighted by atomic mass is 9.95. The fraction of sp³-hybridized carbons (Fsp3) is 0.750. The molecule has 130 valence electrons. The molecule has 24 heavy (non-hydrogen) atoms. The van der Waals surface area contributed by atoms with Gasteiger partial charge in [-0.25, -0.2) is 0 Å². The number of nitrogens with zero attached hydrogens (tertiary/aromatic N) is 4. The number of H-pyrrole nitrogens is 1. The van der Waals surface area contributed by atoms with Crippen molar-refractivity contribution in [3.05, 3.63) is 10.6 Å². The molecule has 8 heteroatoms. The van der Waals surface area contributed by atoms with Gasteiger partial charge in [-0.1, -0.05) is 0 Å². The first kappa shape index (κ1) is 15.8. The number of hydrogen-bond donors (Lipinski definition) is 1. The standard InChI is InChI=1S/C16H23N5O2S/c1-19-14(17-18-16(19)24)10-3-2-6-20(8-10)15(23)11-7-13(22)21(9-11)12-4-5-12/h10-12H,2-9H2,1H3,(H,18,24)/t10-,11+/m1/s1. The van der Waals surface area contributed by atoms with E-state index in [1.807, 2.05) is 21.4 Å². The smallest absolute Gasteiger partial charge is 0.228 e. The third-order valence-corrected chi connectivity index (χ3v) is 5.87. The zero-order chi connectivity index (χ0) is 16.8. The molecule has 4 rings (SSSR count). The largest absolute Gasteiger partial charge is 0.342 e. The minimum absolute atomic E-state index is 0.132. The van der Waals surface area contributed by atoms with E-state index >= 15 is 0 Å². The molecule has 1 N–H and O–H groups in total. The number of likely N-dealkylation sites (tertiary alicyclic amines) is 2. The van der Waals surface area contributed by atoms with Crippen LogP contribution in [0.1, 0.15) is 43.8 Å². The van der Waals surface area contributed by atoms with E-state index in [2.05, 4.69) is 10.2 Å². The molecular weight excluding hydrogens is 326 g/mol. The Balaban J connectivity index is 1.44. The maximum atomic E-state index is 12.9. The number of amides is 2. The first-order chi connectivity index (χ1) is 11.5. The van der Waals surface area contributed by atoms with Crippen molar-refractivity contribution in [2.75, 3.05) is 19.6 Å². The Labute approximate surface area is 146 Å². The van der Waals surface area contributed by atoms with Gasteiger partial charge >= 0.3 is 0 Å². The van der Waals surface area contributed by atoms with E-state index in [-0.39, 0.29) is 23.7 Å². The van der Waals surface area contributed by atoms with Crippen LogP contribution in [0.5, 0.6) is 0 Å². The third-order valence-electron chi connectivity index (χ3n) is 5.51. The van der Waals surface area contributed by atoms with Crippen LogP contribution in [0.2, 0.25) is 0 Å². The van der Waals surface area contributed by atoms with Crippen LogP contribution in [0.25, 0.3) is 0 Å². The molecule has 7 nitrogen and oxygen atoms in total. The SMILES string of the molecule is Cn1c([C@@H]2CCCN(C(=O)[C@H]3CC(=O)N(C4CC4)C3)C2)n[nH]c1=S. The lowest BCUT2D eigenvalue weighted by Crippen LogP contribution is -2.43. The molecule has 3 aliphatic rings. The molecule has 2 aliphatic heterocycles. The monoisotopic (exact) mass is 349 g/mol. The third kappa shape index (κ3) is 2.76. The van der Waals surface area contributed by atoms with Crippen LogP contribution in [0.3, 0.4) is 0 Å². The van der Waals surface area contributed by atoms with Crippen molar-refractivity contribution in [3.63, 3.8) is 0 Å². The highest BCUT2D eigenvalue weighted by molar-refractivity contribution is 7.71. The summed E-state index contributed by atoms with van der Waals surface area (Å²) in [6.45, 7) is 2.05. The zero-order valence-corrected chi connectivity index (χ0v) is 14.7. The normalized spacial score (nSPS) is 27.8. The minimum atomic E-state index is -0.167. The maximum absolute atomic E-state index is 12.9. The van der Waals surface area contributed by atoms with Gasteiger partial charge in [-0.3, -0.25) is 14.7 Å². The number of carbonyl (C=O) groups excluding carboxylic acids is 2. The van der Waals surface area contributed by atoms with E-state index in [1.54, 1.807) is 0 Å². The molecule has 3 fully saturated rings. The number of hydrogen-bond acceptors (Lipinski definition) is 4. The van der Waals surface area contributed by atoms with E-state index in [9.17, 15) is 9.59 Å². The first-order valence-electron chi connectivity index (χ1n) is 8.74. The van der Waals surface area contributed by atoms with Crippen molar-refractivity contribution >= 4 is 24.0 Å². The van der Waals surface area contributed by atoms with Crippen molar-refractivity contribution in [2.45, 2.75) is 44.1 Å². The van der Waals surface area contributed by atoms with Crippen LogP contribution < -0.4 is 0 Å². The summed E-state index contributed by atoms with van der Waals surface area (Å²) in [6, 6.07) is 0.401. The summed E-state index contributed by atoms with van der Waals surface area (Å²) in [5, 5.41) is 7.16. The van der Waals surface area contributed by atoms with Crippen molar-refractivity contribution in [2.24, 2.45) is 13.0 Å². The summed E-state index contributed by atoms with van der Waals surface area (Å²) in [4.78, 5) is 28.9. The van der Waals surface area contributed by atoms with Gasteiger partial charge in [0.05, 0.1) is 5.92 Å². The summed E-state index contributed by atoms with van der Waals surface area (Å²) in [5.41, 5.74) is 0. The summed E-state index contributed by atoms with van der Waals surface area (Å²) >= 11 is 5.19. The number of nitrogens with one attached hydrogen (secondary N) is 1. The van der Waals surface area contributed by atoms with E-state index in [4.69, 9.17) is 12.2 Å². The maximum Gasteiger partial charge on any atom is 0.228 e. The quantitative estimate of drug-likeness (QED) is 0.832. The van der Waals surface area contributed by atoms with E-state index in [0.29, 0.717) is 30.3 Å². The topological polar surface area (TPSA) is 74.2 Å². The highest BCUT2D eigenvalue weighted by atomic mass is 32.1. The molecule has 3 heterocycles. The molecule has 0 radical (unpaired) electrons. The fourth-order valence-corrected chi connectivity index (χ4v) is 4.15. The molecule has 0 spiro atoms. The average Bonchev–Trinajstić information content (AvgIpc) is 3.28. The summed E-state index contributed by atoms with van der Waals surface area (Å²) in [7, 11) is 1.91. The molecule has 2 amide bonds. The Morgan fingerprint density at radius 3 is 2.75 bits per heavy atom. The Hall–Kier alpha value is -1.70. The van der Waals surface area contributed by atoms with Crippen molar-refractivity contribution < 1.29 is 9.59 Å². The van der Waals surface area contributed by atoms with Gasteiger partial charge in [-0.15, -0.1) is 0 Å². The van der Waals surface area contributed by atoms with Crippen LogP contribution >= 0.6 is 12.2 Å². The van der Waals surface area contributed by atoms with Crippen LogP contribution in [0.4, 0.5) is 0 Å². The van der Waals surface area contributed by atoms with Gasteiger partial charge in [0.2, 0.25) is 11.8 Å². The van der Waals surface area contributed by atoms with Crippen LogP contribution in [0.15, 0.2) is 0 Å². The summed E-state index contributed by atoms with van der Waals surface area (Å²) < 4.78 is 2.50. The van der Waals surface area contributed by atoms with Gasteiger partial charge in [0, 0.05) is 45.1 Å². The van der Waals surface area contributed by atoms with Crippen molar-refractivity contribution in [3.8, 4) is 0 Å². The van der Waals surface area contributed by atoms with Gasteiger partial charge in [0.15, 0.2) is 4.77 Å². The van der Waals surface area contributed by atoms with Gasteiger partial charge < -0.3 is 14.4 Å². The summed E-state index contributed by atoms with van der Waals surface area (Å²) in [6.07, 6.45) is 4.54. The Morgan fingerprint density at radius 1 is 1.29 bits per heavy atom. The molecule has 0 aromatic carbocycles. The van der Waals surface area contributed by atoms with Crippen LogP contribution in [-0.4, -0.2) is 62.1 Å². The predicted molar refractivity (Wildman–Crippen MR) is 89.8 cm³/mol. The Kier molecular flexibility index (Phi) is 3.94. The van der Waals surface area contributed by atoms with E-state index < -0.39 is 0 Å². The minimum Gasteiger partial charge on any atom is -0.342 e. The Bertz CT molecular complexity index is 722. The molecule has 1 aliphatic carbocycles. The number of piperidine rings is 1. The first-order valence-corrected chi connectivity index (χ1v) is 9.15. The molecule has 0 unspecified atom stereocenters. The van der Waals surface area contributed by atoms with Gasteiger partial charge in [0.25, 0.3) is 0 Å². The average molecular weight is 349 g/mol. The summed E-state index contributed by atoms with van der Waals surface area (Å²) in [5.74, 6) is 1.24. The Morgan fingerprint density at radius 2 is 2.08 bits per heavy atom. The lowest BCUT2D eigenvalue weighted by molar-refractivity contribution is -0.137. The molecule has 1 aromatic heterocycles. The number of aromatic nitrogens is 3. The molecular formula is C16H23N5O2S. The lowest BCUT2D eigenvalue weighted by Gasteiger charge is -2.33. The van der Waals surface area contributed by atoms with Crippen LogP contribution in [-0.2, 0) is 16.6 Å². The zero-order valence-electron chi connectivity index (χ0n) is 13.9. The molecule has 0 bridgehead atoms. The number of rotatable bonds is 3. The second-order valence-electron chi connectivity index (χ2n) is 7.25. The second kappa shape index (κ2) is 5.98. The van der Waals surface area contributed by atoms with Gasteiger partial charge in [-0.05, 0) is 37.9 Å². The highest BCUT2D eigenvalue weighted by Crippen LogP contribution is 2.34. The highest BCUT2D eigenvalue weighted by Gasteiger charge is 2.43. The fourth-order valence-electron chi connectivity index (χ4n) is 4.01. The van der Waals surface area contributed by atoms with Crippen molar-refractivity contribution in [1.29, 1.82) is 0 Å². The molecule has 1 aromatic rings. The molecule has 2 saturated heterocycles. The second-order valence-corrected chi connectivity index (χ2v) is 7.63. The predicted octanol–water partition coefficient (Wildman–Crippen LogP) is 1.19. The van der Waals surface area contributed by atoms with Crippen LogP contribution in [0, 0.1) is 10.7 Å². The molecule has 1 saturated carbocycles. The molecule has 2 atom stereocenters. The van der Waals surface area contributed by atoms with E-state index in [1.165, 1.54) is 0 Å². The number of carbonyl (C=O) groups is 2. The van der Waals surface area contributed by atoms with E-state index in [0.717, 1.165) is 38.1 Å².